The number of amides is 1. The predicted molar refractivity (Wildman–Crippen MR) is 113 cm³/mol. The second kappa shape index (κ2) is 7.86. The lowest BCUT2D eigenvalue weighted by Gasteiger charge is -2.36. The van der Waals surface area contributed by atoms with E-state index in [0.717, 1.165) is 16.5 Å². The average Bonchev–Trinajstić information content (AvgIpc) is 2.72. The van der Waals surface area contributed by atoms with Gasteiger partial charge in [-0.15, -0.1) is 0 Å². The van der Waals surface area contributed by atoms with Gasteiger partial charge in [-0.1, -0.05) is 47.5 Å². The van der Waals surface area contributed by atoms with Crippen molar-refractivity contribution in [3.8, 4) is 5.75 Å². The fourth-order valence-electron chi connectivity index (χ4n) is 3.57. The molecule has 5 nitrogen and oxygen atoms in total. The molecule has 0 N–H and O–H groups in total. The van der Waals surface area contributed by atoms with Crippen molar-refractivity contribution in [1.29, 1.82) is 0 Å². The number of carbonyl (C=O) groups is 1. The minimum absolute atomic E-state index is 0.0219. The van der Waals surface area contributed by atoms with E-state index in [4.69, 9.17) is 27.9 Å². The Hall–Kier alpha value is -2.50. The normalized spacial score (nSPS) is 14.4. The summed E-state index contributed by atoms with van der Waals surface area (Å²) in [5.41, 5.74) is 0.688. The summed E-state index contributed by atoms with van der Waals surface area (Å²) in [6.45, 7) is 2.52. The minimum atomic E-state index is 0.0219. The number of pyridine rings is 1. The first-order chi connectivity index (χ1) is 13.6. The number of rotatable bonds is 3. The second-order valence-electron chi connectivity index (χ2n) is 6.60. The molecule has 1 aliphatic rings. The Morgan fingerprint density at radius 3 is 2.43 bits per heavy atom. The molecule has 0 radical (unpaired) electrons. The van der Waals surface area contributed by atoms with Crippen molar-refractivity contribution in [2.75, 3.05) is 38.2 Å². The molecule has 3 aromatic rings. The molecule has 0 atom stereocenters. The van der Waals surface area contributed by atoms with Crippen LogP contribution in [0.1, 0.15) is 10.4 Å². The van der Waals surface area contributed by atoms with Gasteiger partial charge >= 0.3 is 0 Å². The molecule has 4 rings (SSSR count). The molecular formula is C21H19Cl2N3O2. The summed E-state index contributed by atoms with van der Waals surface area (Å²) >= 11 is 12.2. The number of methoxy groups -OCH3 is 1. The summed E-state index contributed by atoms with van der Waals surface area (Å²) in [4.78, 5) is 21.5. The Balaban J connectivity index is 1.54. The number of fused-ring (bicyclic) bond motifs is 1. The molecule has 7 heteroatoms. The van der Waals surface area contributed by atoms with Crippen molar-refractivity contribution in [2.24, 2.45) is 0 Å². The van der Waals surface area contributed by atoms with Gasteiger partial charge < -0.3 is 14.5 Å². The van der Waals surface area contributed by atoms with Crippen LogP contribution in [0.5, 0.6) is 5.75 Å². The van der Waals surface area contributed by atoms with Crippen molar-refractivity contribution in [3.63, 3.8) is 0 Å². The monoisotopic (exact) mass is 415 g/mol. The summed E-state index contributed by atoms with van der Waals surface area (Å²) in [5.74, 6) is 1.49. The lowest BCUT2D eigenvalue weighted by atomic mass is 10.0. The number of piperazine rings is 1. The zero-order chi connectivity index (χ0) is 19.7. The molecule has 0 bridgehead atoms. The third-order valence-corrected chi connectivity index (χ3v) is 5.47. The van der Waals surface area contributed by atoms with Crippen LogP contribution in [0.25, 0.3) is 10.8 Å². The van der Waals surface area contributed by atoms with Crippen LogP contribution in [-0.4, -0.2) is 49.1 Å². The highest BCUT2D eigenvalue weighted by Gasteiger charge is 2.25. The molecule has 1 amide bonds. The van der Waals surface area contributed by atoms with Gasteiger partial charge in [-0.05, 0) is 23.6 Å². The maximum Gasteiger partial charge on any atom is 0.254 e. The van der Waals surface area contributed by atoms with Crippen LogP contribution in [0.3, 0.4) is 0 Å². The maximum absolute atomic E-state index is 13.2. The molecule has 2 heterocycles. The van der Waals surface area contributed by atoms with E-state index in [2.05, 4.69) is 9.88 Å². The number of carbonyl (C=O) groups excluding carboxylic acids is 1. The Morgan fingerprint density at radius 1 is 1.04 bits per heavy atom. The van der Waals surface area contributed by atoms with Crippen LogP contribution < -0.4 is 9.64 Å². The predicted octanol–water partition coefficient (Wildman–Crippen LogP) is 4.51. The Morgan fingerprint density at radius 2 is 1.75 bits per heavy atom. The molecule has 1 aromatic heterocycles. The van der Waals surface area contributed by atoms with Gasteiger partial charge in [0, 0.05) is 43.3 Å². The van der Waals surface area contributed by atoms with Crippen molar-refractivity contribution in [3.05, 3.63) is 64.3 Å². The van der Waals surface area contributed by atoms with E-state index in [0.29, 0.717) is 47.6 Å². The topological polar surface area (TPSA) is 45.7 Å². The second-order valence-corrected chi connectivity index (χ2v) is 7.44. The zero-order valence-electron chi connectivity index (χ0n) is 15.4. The molecule has 28 heavy (non-hydrogen) atoms. The Kier molecular flexibility index (Phi) is 5.29. The number of aromatic nitrogens is 1. The first-order valence-corrected chi connectivity index (χ1v) is 9.75. The highest BCUT2D eigenvalue weighted by Crippen LogP contribution is 2.30. The van der Waals surface area contributed by atoms with Gasteiger partial charge in [-0.3, -0.25) is 4.79 Å². The van der Waals surface area contributed by atoms with E-state index < -0.39 is 0 Å². The first-order valence-electron chi connectivity index (χ1n) is 8.99. The Bertz CT molecular complexity index is 1030. The summed E-state index contributed by atoms with van der Waals surface area (Å²) in [6, 6.07) is 13.2. The molecule has 1 fully saturated rings. The number of hydrogen-bond donors (Lipinski definition) is 0. The van der Waals surface area contributed by atoms with Crippen molar-refractivity contribution < 1.29 is 9.53 Å². The number of ether oxygens (including phenoxy) is 1. The van der Waals surface area contributed by atoms with Crippen molar-refractivity contribution in [2.45, 2.75) is 0 Å². The van der Waals surface area contributed by atoms with E-state index >= 15 is 0 Å². The molecule has 1 aliphatic heterocycles. The van der Waals surface area contributed by atoms with Crippen LogP contribution in [0.2, 0.25) is 10.0 Å². The summed E-state index contributed by atoms with van der Waals surface area (Å²) < 4.78 is 5.43. The summed E-state index contributed by atoms with van der Waals surface area (Å²) in [6.07, 6.45) is 1.59. The molecular weight excluding hydrogens is 397 g/mol. The lowest BCUT2D eigenvalue weighted by Crippen LogP contribution is -2.49. The number of halogens is 2. The van der Waals surface area contributed by atoms with E-state index in [1.165, 1.54) is 0 Å². The van der Waals surface area contributed by atoms with Crippen molar-refractivity contribution in [1.82, 2.24) is 9.88 Å². The smallest absolute Gasteiger partial charge is 0.254 e. The van der Waals surface area contributed by atoms with Gasteiger partial charge in [0.25, 0.3) is 5.91 Å². The zero-order valence-corrected chi connectivity index (χ0v) is 16.9. The van der Waals surface area contributed by atoms with Crippen LogP contribution in [0, 0.1) is 0 Å². The Labute approximate surface area is 173 Å². The molecule has 0 unspecified atom stereocenters. The molecule has 1 saturated heterocycles. The summed E-state index contributed by atoms with van der Waals surface area (Å²) in [5, 5.41) is 2.87. The standard InChI is InChI=1S/C21H19Cl2N3O2/c1-28-19-7-6-17(15-4-2-3-5-16(15)19)21(27)26-10-8-25(9-11-26)20-18(23)12-14(22)13-24-20/h2-7,12-13H,8-11H2,1H3. The number of benzene rings is 2. The highest BCUT2D eigenvalue weighted by atomic mass is 35.5. The highest BCUT2D eigenvalue weighted by molar-refractivity contribution is 6.36. The molecule has 0 aliphatic carbocycles. The number of anilines is 1. The van der Waals surface area contributed by atoms with Crippen LogP contribution in [0.15, 0.2) is 48.7 Å². The minimum Gasteiger partial charge on any atom is -0.496 e. The van der Waals surface area contributed by atoms with Gasteiger partial charge in [0.2, 0.25) is 0 Å². The summed E-state index contributed by atoms with van der Waals surface area (Å²) in [7, 11) is 1.64. The molecule has 144 valence electrons. The quantitative estimate of drug-likeness (QED) is 0.630. The van der Waals surface area contributed by atoms with Crippen LogP contribution in [-0.2, 0) is 0 Å². The lowest BCUT2D eigenvalue weighted by molar-refractivity contribution is 0.0748. The van der Waals surface area contributed by atoms with Crippen LogP contribution >= 0.6 is 23.2 Å². The molecule has 0 saturated carbocycles. The van der Waals surface area contributed by atoms with Crippen LogP contribution in [0.4, 0.5) is 5.82 Å². The van der Waals surface area contributed by atoms with Crippen molar-refractivity contribution >= 4 is 45.7 Å². The third-order valence-electron chi connectivity index (χ3n) is 4.99. The molecule has 0 spiro atoms. The largest absolute Gasteiger partial charge is 0.496 e. The fraction of sp³-hybridized carbons (Fsp3) is 0.238. The first kappa shape index (κ1) is 18.8. The maximum atomic E-state index is 13.2. The van der Waals surface area contributed by atoms with Gasteiger partial charge in [-0.25, -0.2) is 4.98 Å². The van der Waals surface area contributed by atoms with Gasteiger partial charge in [0.15, 0.2) is 0 Å². The van der Waals surface area contributed by atoms with E-state index in [-0.39, 0.29) is 5.91 Å². The third kappa shape index (κ3) is 3.48. The van der Waals surface area contributed by atoms with E-state index in [9.17, 15) is 4.79 Å². The van der Waals surface area contributed by atoms with Gasteiger partial charge in [-0.2, -0.15) is 0 Å². The number of hydrogen-bond acceptors (Lipinski definition) is 4. The average molecular weight is 416 g/mol. The SMILES string of the molecule is COc1ccc(C(=O)N2CCN(c3ncc(Cl)cc3Cl)CC2)c2ccccc12. The van der Waals surface area contributed by atoms with Gasteiger partial charge in [0.1, 0.15) is 11.6 Å². The molecule has 2 aromatic carbocycles. The van der Waals surface area contributed by atoms with Gasteiger partial charge in [0.05, 0.1) is 17.2 Å². The van der Waals surface area contributed by atoms with E-state index in [1.54, 1.807) is 19.4 Å². The number of nitrogens with zero attached hydrogens (tertiary/aromatic N) is 3. The van der Waals surface area contributed by atoms with E-state index in [1.807, 2.05) is 41.3 Å². The fourth-order valence-corrected chi connectivity index (χ4v) is 4.07.